The minimum absolute atomic E-state index is 0.283. The molecule has 8 N–H and O–H groups in total. The van der Waals surface area contributed by atoms with Crippen LogP contribution in [0.4, 0.5) is 0 Å². The molecule has 0 rings (SSSR count). The van der Waals surface area contributed by atoms with Crippen LogP contribution < -0.4 is 0 Å². The maximum atomic E-state index is 13.7. The van der Waals surface area contributed by atoms with Crippen LogP contribution >= 0.6 is 15.6 Å². The summed E-state index contributed by atoms with van der Waals surface area (Å²) in [5.41, 5.74) is 0. The first-order chi connectivity index (χ1) is 39.8. The number of rotatable bonds is 69. The average molecular weight is 1220 g/mol. The molecule has 16 heteroatoms. The Morgan fingerprint density at radius 3 is 0.744 bits per heavy atom. The fraction of sp³-hybridized carbons (Fsp3) is 1.00. The highest BCUT2D eigenvalue weighted by atomic mass is 31.3. The molecule has 4 unspecified atom stereocenters. The van der Waals surface area contributed by atoms with Gasteiger partial charge in [-0.05, 0) is 12.8 Å². The molecule has 0 aliphatic carbocycles. The average Bonchev–Trinajstić information content (AvgIpc) is 3.57. The Balaban J connectivity index is 4.24. The zero-order valence-electron chi connectivity index (χ0n) is 53.4. The molecule has 0 bridgehead atoms. The third kappa shape index (κ3) is 56.5. The second-order valence-electron chi connectivity index (χ2n) is 24.7. The highest BCUT2D eigenvalue weighted by Crippen LogP contribution is 2.63. The fourth-order valence-corrected chi connectivity index (χ4v) is 13.7. The van der Waals surface area contributed by atoms with E-state index in [4.69, 9.17) is 23.0 Å². The van der Waals surface area contributed by atoms with Crippen molar-refractivity contribution in [3.63, 3.8) is 0 Å². The molecule has 0 amide bonds. The molecule has 0 aromatic carbocycles. The minimum atomic E-state index is -5.22. The summed E-state index contributed by atoms with van der Waals surface area (Å²) in [5.74, 6) is 0. The van der Waals surface area contributed by atoms with Crippen molar-refractivity contribution in [1.82, 2.24) is 0 Å². The Kier molecular flexibility index (Phi) is 61.2. The lowest BCUT2D eigenvalue weighted by Crippen LogP contribution is -2.47. The van der Waals surface area contributed by atoms with E-state index in [-0.39, 0.29) is 6.42 Å². The van der Waals surface area contributed by atoms with E-state index in [9.17, 15) is 44.7 Å². The third-order valence-corrected chi connectivity index (χ3v) is 19.6. The molecule has 0 fully saturated rings. The molecule has 0 aromatic rings. The quantitative estimate of drug-likeness (QED) is 0.0209. The zero-order valence-corrected chi connectivity index (χ0v) is 55.2. The lowest BCUT2D eigenvalue weighted by Gasteiger charge is -2.27. The first kappa shape index (κ1) is 82.0. The molecule has 14 nitrogen and oxygen atoms in total. The molecule has 0 aliphatic rings. The van der Waals surface area contributed by atoms with E-state index in [0.717, 1.165) is 38.5 Å². The van der Waals surface area contributed by atoms with Gasteiger partial charge in [0.2, 0.25) is 0 Å². The van der Waals surface area contributed by atoms with Crippen molar-refractivity contribution in [3.8, 4) is 0 Å². The highest BCUT2D eigenvalue weighted by molar-refractivity contribution is 7.61. The maximum absolute atomic E-state index is 13.7. The van der Waals surface area contributed by atoms with E-state index in [1.807, 2.05) is 0 Å². The van der Waals surface area contributed by atoms with Gasteiger partial charge in [-0.2, -0.15) is 4.31 Å². The number of hydrogen-bond donors (Lipinski definition) is 8. The number of aliphatic hydroxyl groups is 7. The first-order valence-corrected chi connectivity index (χ1v) is 38.0. The van der Waals surface area contributed by atoms with Crippen LogP contribution in [-0.4, -0.2) is 104 Å². The summed E-state index contributed by atoms with van der Waals surface area (Å²) in [5, 5.41) is 70.6. The summed E-state index contributed by atoms with van der Waals surface area (Å²) in [6.45, 7) is 1.34. The zero-order chi connectivity index (χ0) is 60.3. The summed E-state index contributed by atoms with van der Waals surface area (Å²) < 4.78 is 46.7. The summed E-state index contributed by atoms with van der Waals surface area (Å²) in [7, 11) is -10.3. The third-order valence-electron chi connectivity index (χ3n) is 16.6. The highest BCUT2D eigenvalue weighted by Gasteiger charge is 2.41. The van der Waals surface area contributed by atoms with E-state index in [1.54, 1.807) is 0 Å². The number of aliphatic hydroxyl groups excluding tert-OH is 7. The van der Waals surface area contributed by atoms with Gasteiger partial charge in [-0.15, -0.1) is 0 Å². The molecule has 0 aliphatic heterocycles. The normalized spacial score (nSPS) is 15.8. The fourth-order valence-electron chi connectivity index (χ4n) is 11.0. The molecule has 0 spiro atoms. The van der Waals surface area contributed by atoms with E-state index < -0.39 is 78.7 Å². The van der Waals surface area contributed by atoms with Gasteiger partial charge in [0.15, 0.2) is 0 Å². The monoisotopic (exact) mass is 1210 g/mol. The second-order valence-corrected chi connectivity index (χ2v) is 28.0. The van der Waals surface area contributed by atoms with Crippen molar-refractivity contribution in [2.24, 2.45) is 0 Å². The summed E-state index contributed by atoms with van der Waals surface area (Å²) >= 11 is 0. The van der Waals surface area contributed by atoms with Crippen molar-refractivity contribution < 1.29 is 67.7 Å². The van der Waals surface area contributed by atoms with Crippen LogP contribution in [-0.2, 0) is 27.0 Å². The summed E-state index contributed by atoms with van der Waals surface area (Å²) in [4.78, 5) is 10.5. The maximum Gasteiger partial charge on any atom is 0.483 e. The predicted octanol–water partition coefficient (Wildman–Crippen LogP) is 18.5. The van der Waals surface area contributed by atoms with Crippen molar-refractivity contribution in [1.29, 1.82) is 0 Å². The number of phosphoric acid groups is 2. The molecule has 494 valence electrons. The lowest BCUT2D eigenvalue weighted by molar-refractivity contribution is -0.123. The molecule has 0 saturated heterocycles. The van der Waals surface area contributed by atoms with Gasteiger partial charge in [0, 0.05) is 0 Å². The van der Waals surface area contributed by atoms with Crippen molar-refractivity contribution in [2.45, 2.75) is 397 Å². The SMILES string of the molecule is CCCCCCCCCCCCCCCCCCCCCCCCCCCCC(O)COP(=O)(O)OP(=O)(OCC(O)CCCCCCCCCCCCCCCCCCCCCCCCCCCC)OC[C@@H](O)[C@@H](O)[C@H](O)[C@H](O)CO. The van der Waals surface area contributed by atoms with Crippen molar-refractivity contribution >= 4 is 15.6 Å². The van der Waals surface area contributed by atoms with Gasteiger partial charge < -0.3 is 40.6 Å². The molecule has 0 aromatic heterocycles. The van der Waals surface area contributed by atoms with Crippen LogP contribution in [0, 0.1) is 0 Å². The Morgan fingerprint density at radius 2 is 0.500 bits per heavy atom. The smallest absolute Gasteiger partial charge is 0.394 e. The molecule has 0 radical (unpaired) electrons. The Morgan fingerprint density at radius 1 is 0.293 bits per heavy atom. The van der Waals surface area contributed by atoms with Gasteiger partial charge in [0.25, 0.3) is 0 Å². The van der Waals surface area contributed by atoms with Crippen molar-refractivity contribution in [3.05, 3.63) is 0 Å². The van der Waals surface area contributed by atoms with Gasteiger partial charge in [-0.1, -0.05) is 348 Å². The molecule has 8 atom stereocenters. The van der Waals surface area contributed by atoms with Gasteiger partial charge in [0.1, 0.15) is 24.4 Å². The van der Waals surface area contributed by atoms with Gasteiger partial charge in [0.05, 0.1) is 38.6 Å². The number of phosphoric ester groups is 2. The van der Waals surface area contributed by atoms with Crippen LogP contribution in [0.3, 0.4) is 0 Å². The van der Waals surface area contributed by atoms with Crippen LogP contribution in [0.5, 0.6) is 0 Å². The van der Waals surface area contributed by atoms with Crippen LogP contribution in [0.25, 0.3) is 0 Å². The minimum Gasteiger partial charge on any atom is -0.394 e. The van der Waals surface area contributed by atoms with Crippen LogP contribution in [0.2, 0.25) is 0 Å². The van der Waals surface area contributed by atoms with Crippen LogP contribution in [0.15, 0.2) is 0 Å². The first-order valence-electron chi connectivity index (χ1n) is 35.1. The standard InChI is InChI=1S/C66H136O14P2/c1-3-5-7-9-11-13-15-17-19-21-23-25-27-29-31-33-35-37-39-41-43-45-47-49-51-53-55-61(68)58-77-81(74,75)80-82(76,79-60-64(71)66(73)65(72)63(70)57-67)78-59-62(69)56-54-52-50-48-46-44-42-40-38-36-34-32-30-28-26-24-22-20-18-16-14-12-10-8-6-4-2/h61-73H,3-60H2,1-2H3,(H,74,75)/t61?,62?,63-,64-,65-,66-,82?/m1/s1. The molecule has 0 saturated carbocycles. The molecular formula is C66H136O14P2. The van der Waals surface area contributed by atoms with E-state index in [1.165, 1.54) is 283 Å². The van der Waals surface area contributed by atoms with E-state index in [2.05, 4.69) is 13.8 Å². The topological polar surface area (TPSA) is 233 Å². The summed E-state index contributed by atoms with van der Waals surface area (Å²) in [6.07, 6.45) is 57.8. The van der Waals surface area contributed by atoms with E-state index >= 15 is 0 Å². The van der Waals surface area contributed by atoms with Gasteiger partial charge in [-0.25, -0.2) is 9.13 Å². The Hall–Kier alpha value is -0.0200. The molecule has 82 heavy (non-hydrogen) atoms. The number of unbranched alkanes of at least 4 members (excludes halogenated alkanes) is 50. The van der Waals surface area contributed by atoms with Gasteiger partial charge >= 0.3 is 15.6 Å². The Bertz CT molecular complexity index is 1380. The van der Waals surface area contributed by atoms with E-state index in [0.29, 0.717) is 19.3 Å². The lowest BCUT2D eigenvalue weighted by atomic mass is 10.0. The molecular weight excluding hydrogens is 1080 g/mol. The predicted molar refractivity (Wildman–Crippen MR) is 340 cm³/mol. The second kappa shape index (κ2) is 61.2. The van der Waals surface area contributed by atoms with Crippen LogP contribution in [0.1, 0.15) is 361 Å². The van der Waals surface area contributed by atoms with Gasteiger partial charge in [-0.3, -0.25) is 13.6 Å². The van der Waals surface area contributed by atoms with Crippen molar-refractivity contribution in [2.75, 3.05) is 26.4 Å². The largest absolute Gasteiger partial charge is 0.483 e. The number of hydrogen-bond acceptors (Lipinski definition) is 13. The Labute approximate surface area is 504 Å². The summed E-state index contributed by atoms with van der Waals surface area (Å²) in [6, 6.07) is 0. The molecule has 0 heterocycles.